The summed E-state index contributed by atoms with van der Waals surface area (Å²) in [4.78, 5) is 29.4. The maximum atomic E-state index is 12.4. The van der Waals surface area contributed by atoms with Crippen molar-refractivity contribution in [1.82, 2.24) is 10.3 Å². The number of hydrogen-bond acceptors (Lipinski definition) is 6. The Bertz CT molecular complexity index is 978. The summed E-state index contributed by atoms with van der Waals surface area (Å²) < 4.78 is 5.41. The summed E-state index contributed by atoms with van der Waals surface area (Å²) in [6.07, 6.45) is 0. The number of thiazole rings is 1. The van der Waals surface area contributed by atoms with Crippen LogP contribution in [0, 0.1) is 6.92 Å². The lowest BCUT2D eigenvalue weighted by molar-refractivity contribution is -0.119. The van der Waals surface area contributed by atoms with Gasteiger partial charge in [0.25, 0.3) is 5.91 Å². The van der Waals surface area contributed by atoms with E-state index >= 15 is 0 Å². The Labute approximate surface area is 165 Å². The van der Waals surface area contributed by atoms with Crippen LogP contribution in [0.15, 0.2) is 35.7 Å². The Balaban J connectivity index is 1.72. The molecule has 2 amide bonds. The van der Waals surface area contributed by atoms with Crippen molar-refractivity contribution in [2.24, 2.45) is 0 Å². The Hall–Kier alpha value is -2.71. The average Bonchev–Trinajstić information content (AvgIpc) is 3.29. The van der Waals surface area contributed by atoms with Crippen LogP contribution in [0.2, 0.25) is 0 Å². The van der Waals surface area contributed by atoms with Crippen molar-refractivity contribution in [2.75, 3.05) is 12.4 Å². The van der Waals surface area contributed by atoms with Crippen LogP contribution in [0.4, 0.5) is 5.13 Å². The number of amides is 2. The molecule has 27 heavy (non-hydrogen) atoms. The first-order chi connectivity index (χ1) is 13.0. The number of carbonyl (C=O) groups excluding carboxylic acids is 2. The molecule has 0 aliphatic heterocycles. The first-order valence-corrected chi connectivity index (χ1v) is 9.91. The van der Waals surface area contributed by atoms with Gasteiger partial charge in [0.15, 0.2) is 5.13 Å². The van der Waals surface area contributed by atoms with Crippen molar-refractivity contribution in [3.63, 3.8) is 0 Å². The van der Waals surface area contributed by atoms with Crippen LogP contribution in [-0.2, 0) is 11.3 Å². The minimum absolute atomic E-state index is 0.101. The molecule has 0 bridgehead atoms. The summed E-state index contributed by atoms with van der Waals surface area (Å²) in [6.45, 7) is 3.89. The highest BCUT2D eigenvalue weighted by Gasteiger charge is 2.14. The minimum Gasteiger partial charge on any atom is -0.496 e. The van der Waals surface area contributed by atoms with Gasteiger partial charge in [-0.05, 0) is 31.2 Å². The molecule has 1 aromatic carbocycles. The number of anilines is 1. The molecule has 0 atom stereocenters. The van der Waals surface area contributed by atoms with Crippen molar-refractivity contribution in [1.29, 1.82) is 0 Å². The Morgan fingerprint density at radius 1 is 1.22 bits per heavy atom. The zero-order chi connectivity index (χ0) is 19.4. The van der Waals surface area contributed by atoms with Crippen molar-refractivity contribution < 1.29 is 14.3 Å². The van der Waals surface area contributed by atoms with Gasteiger partial charge in [-0.15, -0.1) is 22.7 Å². The summed E-state index contributed by atoms with van der Waals surface area (Å²) in [5.74, 6) is 0.423. The standard InChI is InChI=1S/C19H19N3O3S2/c1-11-4-6-16(25-3)14(8-11)15-10-26-19(21-15)22-18(24)17-7-5-13(27-17)9-20-12(2)23/h4-8,10H,9H2,1-3H3,(H,20,23)(H,21,22,24). The predicted octanol–water partition coefficient (Wildman–Crippen LogP) is 4.08. The second-order valence-electron chi connectivity index (χ2n) is 5.87. The first kappa shape index (κ1) is 19.1. The quantitative estimate of drug-likeness (QED) is 0.652. The SMILES string of the molecule is COc1ccc(C)cc1-c1csc(NC(=O)c2ccc(CNC(C)=O)s2)n1. The molecular formula is C19H19N3O3S2. The molecule has 140 valence electrons. The van der Waals surface area contributed by atoms with E-state index in [1.54, 1.807) is 13.2 Å². The third-order valence-corrected chi connectivity index (χ3v) is 5.59. The lowest BCUT2D eigenvalue weighted by Crippen LogP contribution is -2.18. The number of aromatic nitrogens is 1. The molecule has 0 aliphatic carbocycles. The van der Waals surface area contributed by atoms with E-state index in [0.29, 0.717) is 16.6 Å². The molecule has 2 heterocycles. The van der Waals surface area contributed by atoms with Crippen molar-refractivity contribution in [3.8, 4) is 17.0 Å². The van der Waals surface area contributed by atoms with Gasteiger partial charge in [0.2, 0.25) is 5.91 Å². The van der Waals surface area contributed by atoms with Gasteiger partial charge in [-0.3, -0.25) is 14.9 Å². The van der Waals surface area contributed by atoms with E-state index in [1.807, 2.05) is 36.6 Å². The normalized spacial score (nSPS) is 10.5. The molecule has 3 aromatic rings. The summed E-state index contributed by atoms with van der Waals surface area (Å²) in [6, 6.07) is 9.47. The molecule has 0 aliphatic rings. The number of ether oxygens (including phenoxy) is 1. The van der Waals surface area contributed by atoms with Crippen LogP contribution in [-0.4, -0.2) is 23.9 Å². The molecule has 0 fully saturated rings. The molecule has 3 rings (SSSR count). The van der Waals surface area contributed by atoms with Gasteiger partial charge in [-0.2, -0.15) is 0 Å². The van der Waals surface area contributed by atoms with Crippen molar-refractivity contribution in [3.05, 3.63) is 51.0 Å². The fourth-order valence-corrected chi connectivity index (χ4v) is 3.99. The van der Waals surface area contributed by atoms with E-state index in [-0.39, 0.29) is 11.8 Å². The molecular weight excluding hydrogens is 382 g/mol. The van der Waals surface area contributed by atoms with Gasteiger partial charge in [0.1, 0.15) is 5.75 Å². The van der Waals surface area contributed by atoms with Crippen LogP contribution in [0.25, 0.3) is 11.3 Å². The van der Waals surface area contributed by atoms with Gasteiger partial charge >= 0.3 is 0 Å². The van der Waals surface area contributed by atoms with Gasteiger partial charge in [0, 0.05) is 22.7 Å². The fourth-order valence-electron chi connectivity index (χ4n) is 2.44. The summed E-state index contributed by atoms with van der Waals surface area (Å²) in [7, 11) is 1.62. The Morgan fingerprint density at radius 2 is 2.04 bits per heavy atom. The monoisotopic (exact) mass is 401 g/mol. The van der Waals surface area contributed by atoms with Gasteiger partial charge in [-0.25, -0.2) is 4.98 Å². The topological polar surface area (TPSA) is 80.3 Å². The van der Waals surface area contributed by atoms with Crippen molar-refractivity contribution in [2.45, 2.75) is 20.4 Å². The molecule has 0 radical (unpaired) electrons. The Kier molecular flexibility index (Phi) is 5.88. The number of aryl methyl sites for hydroxylation is 1. The second kappa shape index (κ2) is 8.32. The zero-order valence-corrected chi connectivity index (χ0v) is 16.8. The second-order valence-corrected chi connectivity index (χ2v) is 7.90. The highest BCUT2D eigenvalue weighted by molar-refractivity contribution is 7.15. The van der Waals surface area contributed by atoms with E-state index in [1.165, 1.54) is 29.6 Å². The van der Waals surface area contributed by atoms with Crippen LogP contribution in [0.5, 0.6) is 5.75 Å². The maximum Gasteiger partial charge on any atom is 0.267 e. The average molecular weight is 402 g/mol. The van der Waals surface area contributed by atoms with E-state index in [0.717, 1.165) is 27.4 Å². The summed E-state index contributed by atoms with van der Waals surface area (Å²) >= 11 is 2.71. The number of benzene rings is 1. The van der Waals surface area contributed by atoms with Crippen LogP contribution in [0.3, 0.4) is 0 Å². The smallest absolute Gasteiger partial charge is 0.267 e. The number of nitrogens with one attached hydrogen (secondary N) is 2. The predicted molar refractivity (Wildman–Crippen MR) is 109 cm³/mol. The largest absolute Gasteiger partial charge is 0.496 e. The number of carbonyl (C=O) groups is 2. The van der Waals surface area contributed by atoms with E-state index in [9.17, 15) is 9.59 Å². The number of nitrogens with zero attached hydrogens (tertiary/aromatic N) is 1. The minimum atomic E-state index is -0.216. The highest BCUT2D eigenvalue weighted by Crippen LogP contribution is 2.33. The van der Waals surface area contributed by atoms with E-state index in [2.05, 4.69) is 15.6 Å². The molecule has 6 nitrogen and oxygen atoms in total. The number of rotatable bonds is 6. The summed E-state index contributed by atoms with van der Waals surface area (Å²) in [5.41, 5.74) is 2.76. The van der Waals surface area contributed by atoms with E-state index < -0.39 is 0 Å². The molecule has 0 saturated heterocycles. The molecule has 0 spiro atoms. The lowest BCUT2D eigenvalue weighted by atomic mass is 10.1. The number of hydrogen-bond donors (Lipinski definition) is 2. The van der Waals surface area contributed by atoms with Crippen LogP contribution >= 0.6 is 22.7 Å². The van der Waals surface area contributed by atoms with Gasteiger partial charge in [-0.1, -0.05) is 11.6 Å². The highest BCUT2D eigenvalue weighted by atomic mass is 32.1. The third kappa shape index (κ3) is 4.72. The molecule has 8 heteroatoms. The molecule has 0 saturated carbocycles. The fraction of sp³-hybridized carbons (Fsp3) is 0.211. The van der Waals surface area contributed by atoms with Crippen molar-refractivity contribution >= 4 is 39.6 Å². The van der Waals surface area contributed by atoms with Crippen LogP contribution in [0.1, 0.15) is 27.0 Å². The summed E-state index contributed by atoms with van der Waals surface area (Å²) in [5, 5.41) is 7.96. The molecule has 2 N–H and O–H groups in total. The Morgan fingerprint density at radius 3 is 2.78 bits per heavy atom. The van der Waals surface area contributed by atoms with E-state index in [4.69, 9.17) is 4.74 Å². The molecule has 0 unspecified atom stereocenters. The zero-order valence-electron chi connectivity index (χ0n) is 15.2. The number of methoxy groups -OCH3 is 1. The number of thiophene rings is 1. The third-order valence-electron chi connectivity index (χ3n) is 3.75. The first-order valence-electron chi connectivity index (χ1n) is 8.21. The van der Waals surface area contributed by atoms with Gasteiger partial charge in [0.05, 0.1) is 24.2 Å². The molecule has 2 aromatic heterocycles. The van der Waals surface area contributed by atoms with Crippen LogP contribution < -0.4 is 15.4 Å². The van der Waals surface area contributed by atoms with Gasteiger partial charge < -0.3 is 10.1 Å². The lowest BCUT2D eigenvalue weighted by Gasteiger charge is -2.07. The maximum absolute atomic E-state index is 12.4.